The molecule has 0 aliphatic carbocycles. The van der Waals surface area contributed by atoms with Crippen LogP contribution in [0.4, 0.5) is 5.69 Å². The van der Waals surface area contributed by atoms with Gasteiger partial charge in [0.25, 0.3) is 0 Å². The van der Waals surface area contributed by atoms with Gasteiger partial charge in [-0.2, -0.15) is 0 Å². The maximum Gasteiger partial charge on any atom is 0.234 e. The molecule has 0 aliphatic heterocycles. The van der Waals surface area contributed by atoms with E-state index in [1.165, 1.54) is 11.8 Å². The van der Waals surface area contributed by atoms with Gasteiger partial charge in [0.2, 0.25) is 5.91 Å². The van der Waals surface area contributed by atoms with Crippen molar-refractivity contribution < 1.29 is 9.90 Å². The molecule has 2 N–H and O–H groups in total. The number of nitrogens with one attached hydrogen (secondary N) is 1. The van der Waals surface area contributed by atoms with Crippen LogP contribution in [-0.2, 0) is 4.79 Å². The number of halogens is 1. The Kier molecular flexibility index (Phi) is 6.34. The average molecular weight is 528 g/mol. The summed E-state index contributed by atoms with van der Waals surface area (Å²) in [7, 11) is 0. The van der Waals surface area contributed by atoms with Gasteiger partial charge in [-0.25, -0.2) is 0 Å². The van der Waals surface area contributed by atoms with Crippen molar-refractivity contribution in [2.45, 2.75) is 5.16 Å². The summed E-state index contributed by atoms with van der Waals surface area (Å²) in [6.07, 6.45) is 0. The average Bonchev–Trinajstić information content (AvgIpc) is 3.17. The molecule has 6 nitrogen and oxygen atoms in total. The van der Waals surface area contributed by atoms with Crippen molar-refractivity contribution >= 4 is 45.9 Å². The van der Waals surface area contributed by atoms with E-state index >= 15 is 0 Å². The van der Waals surface area contributed by atoms with E-state index in [9.17, 15) is 9.90 Å². The third kappa shape index (κ3) is 4.65. The molecule has 0 spiro atoms. The largest absolute Gasteiger partial charge is 0.507 e. The zero-order chi connectivity index (χ0) is 20.9. The molecule has 4 rings (SSSR count). The van der Waals surface area contributed by atoms with Crippen LogP contribution in [0.1, 0.15) is 0 Å². The number of carbonyl (C=O) groups excluding carboxylic acids is 1. The Morgan fingerprint density at radius 1 is 1.00 bits per heavy atom. The first kappa shape index (κ1) is 20.4. The van der Waals surface area contributed by atoms with Crippen LogP contribution >= 0.6 is 34.4 Å². The Labute approximate surface area is 191 Å². The number of phenols is 1. The smallest absolute Gasteiger partial charge is 0.234 e. The Hall–Kier alpha value is -2.85. The molecule has 0 bridgehead atoms. The monoisotopic (exact) mass is 528 g/mol. The van der Waals surface area contributed by atoms with Gasteiger partial charge in [-0.1, -0.05) is 48.2 Å². The van der Waals surface area contributed by atoms with Crippen LogP contribution in [0, 0.1) is 3.57 Å². The van der Waals surface area contributed by atoms with Crippen molar-refractivity contribution in [3.05, 3.63) is 82.4 Å². The quantitative estimate of drug-likeness (QED) is 0.273. The lowest BCUT2D eigenvalue weighted by atomic mass is 10.2. The van der Waals surface area contributed by atoms with Crippen molar-refractivity contribution in [2.24, 2.45) is 0 Å². The standard InChI is InChI=1S/C22H17IN4O2S/c23-15-7-6-8-16(13-15)24-20(29)14-30-22-26-25-21(18-11-4-5-12-19(18)28)27(22)17-9-2-1-3-10-17/h1-13,28H,14H2,(H,24,29). The summed E-state index contributed by atoms with van der Waals surface area (Å²) in [5.74, 6) is 0.681. The van der Waals surface area contributed by atoms with Crippen molar-refractivity contribution in [3.63, 3.8) is 0 Å². The maximum atomic E-state index is 12.4. The third-order valence-electron chi connectivity index (χ3n) is 4.23. The first-order valence-corrected chi connectivity index (χ1v) is 11.2. The first-order valence-electron chi connectivity index (χ1n) is 9.09. The summed E-state index contributed by atoms with van der Waals surface area (Å²) in [5, 5.41) is 22.3. The first-order chi connectivity index (χ1) is 14.6. The van der Waals surface area contributed by atoms with Crippen LogP contribution in [0.25, 0.3) is 17.1 Å². The number of rotatable bonds is 6. The van der Waals surface area contributed by atoms with Crippen molar-refractivity contribution in [1.82, 2.24) is 14.8 Å². The van der Waals surface area contributed by atoms with Crippen LogP contribution in [0.3, 0.4) is 0 Å². The number of carbonyl (C=O) groups is 1. The Bertz CT molecular complexity index is 1180. The highest BCUT2D eigenvalue weighted by molar-refractivity contribution is 14.1. The van der Waals surface area contributed by atoms with Gasteiger partial charge in [0.1, 0.15) is 5.75 Å². The number of nitrogens with zero attached hydrogens (tertiary/aromatic N) is 3. The molecular weight excluding hydrogens is 511 g/mol. The molecule has 30 heavy (non-hydrogen) atoms. The summed E-state index contributed by atoms with van der Waals surface area (Å²) < 4.78 is 2.90. The molecule has 0 atom stereocenters. The number of amides is 1. The molecule has 0 radical (unpaired) electrons. The fourth-order valence-corrected chi connectivity index (χ4v) is 4.20. The summed E-state index contributed by atoms with van der Waals surface area (Å²) >= 11 is 3.49. The van der Waals surface area contributed by atoms with Crippen LogP contribution in [-0.4, -0.2) is 31.5 Å². The number of anilines is 1. The summed E-state index contributed by atoms with van der Waals surface area (Å²) in [6.45, 7) is 0. The van der Waals surface area contributed by atoms with Gasteiger partial charge < -0.3 is 10.4 Å². The van der Waals surface area contributed by atoms with Gasteiger partial charge in [0, 0.05) is 14.9 Å². The summed E-state index contributed by atoms with van der Waals surface area (Å²) in [4.78, 5) is 12.4. The van der Waals surface area contributed by atoms with Crippen molar-refractivity contribution in [2.75, 3.05) is 11.1 Å². The number of thioether (sulfide) groups is 1. The van der Waals surface area contributed by atoms with E-state index in [0.29, 0.717) is 16.5 Å². The van der Waals surface area contributed by atoms with Crippen LogP contribution < -0.4 is 5.32 Å². The van der Waals surface area contributed by atoms with E-state index in [2.05, 4.69) is 38.1 Å². The number of para-hydroxylation sites is 2. The third-order valence-corrected chi connectivity index (χ3v) is 5.83. The summed E-state index contributed by atoms with van der Waals surface area (Å²) in [6, 6.07) is 24.2. The molecular formula is C22H17IN4O2S. The molecule has 150 valence electrons. The lowest BCUT2D eigenvalue weighted by Gasteiger charge is -2.11. The van der Waals surface area contributed by atoms with Gasteiger partial charge in [0.05, 0.1) is 11.3 Å². The van der Waals surface area contributed by atoms with Gasteiger partial charge in [0.15, 0.2) is 11.0 Å². The number of aromatic nitrogens is 3. The molecule has 1 heterocycles. The predicted octanol–water partition coefficient (Wildman–Crippen LogP) is 4.98. The second-order valence-electron chi connectivity index (χ2n) is 6.34. The number of aromatic hydroxyl groups is 1. The van der Waals surface area contributed by atoms with Crippen LogP contribution in [0.5, 0.6) is 5.75 Å². The lowest BCUT2D eigenvalue weighted by Crippen LogP contribution is -2.14. The van der Waals surface area contributed by atoms with E-state index in [1.54, 1.807) is 18.2 Å². The van der Waals surface area contributed by atoms with E-state index in [4.69, 9.17) is 0 Å². The molecule has 0 unspecified atom stereocenters. The number of phenolic OH excluding ortho intramolecular Hbond substituents is 1. The van der Waals surface area contributed by atoms with Crippen molar-refractivity contribution in [1.29, 1.82) is 0 Å². The fraction of sp³-hybridized carbons (Fsp3) is 0.0455. The highest BCUT2D eigenvalue weighted by Gasteiger charge is 2.19. The van der Waals surface area contributed by atoms with E-state index < -0.39 is 0 Å². The molecule has 1 amide bonds. The Morgan fingerprint density at radius 3 is 2.53 bits per heavy atom. The SMILES string of the molecule is O=C(CSc1nnc(-c2ccccc2O)n1-c1ccccc1)Nc1cccc(I)c1. The van der Waals surface area contributed by atoms with Gasteiger partial charge in [-0.05, 0) is 65.1 Å². The molecule has 0 saturated heterocycles. The molecule has 0 fully saturated rings. The van der Waals surface area contributed by atoms with Gasteiger partial charge in [-0.15, -0.1) is 10.2 Å². The Balaban J connectivity index is 1.60. The van der Waals surface area contributed by atoms with E-state index in [0.717, 1.165) is 14.9 Å². The number of benzene rings is 3. The molecule has 0 saturated carbocycles. The highest BCUT2D eigenvalue weighted by Crippen LogP contribution is 2.32. The number of hydrogen-bond donors (Lipinski definition) is 2. The number of hydrogen-bond acceptors (Lipinski definition) is 5. The minimum absolute atomic E-state index is 0.120. The molecule has 1 aromatic heterocycles. The second-order valence-corrected chi connectivity index (χ2v) is 8.53. The van der Waals surface area contributed by atoms with Crippen molar-refractivity contribution in [3.8, 4) is 22.8 Å². The zero-order valence-electron chi connectivity index (χ0n) is 15.7. The van der Waals surface area contributed by atoms with Crippen LogP contribution in [0.2, 0.25) is 0 Å². The molecule has 0 aliphatic rings. The second kappa shape index (κ2) is 9.31. The van der Waals surface area contributed by atoms with Crippen LogP contribution in [0.15, 0.2) is 84.0 Å². The molecule has 3 aromatic carbocycles. The van der Waals surface area contributed by atoms with Gasteiger partial charge >= 0.3 is 0 Å². The highest BCUT2D eigenvalue weighted by atomic mass is 127. The predicted molar refractivity (Wildman–Crippen MR) is 127 cm³/mol. The Morgan fingerprint density at radius 2 is 1.77 bits per heavy atom. The molecule has 4 aromatic rings. The topological polar surface area (TPSA) is 80.0 Å². The zero-order valence-corrected chi connectivity index (χ0v) is 18.7. The van der Waals surface area contributed by atoms with E-state index in [1.807, 2.05) is 65.2 Å². The lowest BCUT2D eigenvalue weighted by molar-refractivity contribution is -0.113. The van der Waals surface area contributed by atoms with Gasteiger partial charge in [-0.3, -0.25) is 9.36 Å². The fourth-order valence-electron chi connectivity index (χ4n) is 2.90. The summed E-state index contributed by atoms with van der Waals surface area (Å²) in [5.41, 5.74) is 2.18. The normalized spacial score (nSPS) is 10.7. The molecule has 8 heteroatoms. The minimum atomic E-state index is -0.131. The minimum Gasteiger partial charge on any atom is -0.507 e. The van der Waals surface area contributed by atoms with E-state index in [-0.39, 0.29) is 17.4 Å². The maximum absolute atomic E-state index is 12.4.